The van der Waals surface area contributed by atoms with Gasteiger partial charge in [-0.2, -0.15) is 0 Å². The summed E-state index contributed by atoms with van der Waals surface area (Å²) in [5.41, 5.74) is 2.60. The zero-order chi connectivity index (χ0) is 18.1. The summed E-state index contributed by atoms with van der Waals surface area (Å²) < 4.78 is 0. The molecule has 4 atom stereocenters. The van der Waals surface area contributed by atoms with Crippen LogP contribution in [0.25, 0.3) is 0 Å². The predicted molar refractivity (Wildman–Crippen MR) is 101 cm³/mol. The quantitative estimate of drug-likeness (QED) is 0.813. The highest BCUT2D eigenvalue weighted by Gasteiger charge is 2.44. The minimum absolute atomic E-state index is 0.0157. The molecule has 1 N–H and O–H groups in total. The van der Waals surface area contributed by atoms with Gasteiger partial charge in [-0.3, -0.25) is 14.9 Å². The van der Waals surface area contributed by atoms with Crippen LogP contribution in [-0.4, -0.2) is 52.6 Å². The Morgan fingerprint density at radius 2 is 2.00 bits per heavy atom. The number of amides is 1. The summed E-state index contributed by atoms with van der Waals surface area (Å²) in [6.07, 6.45) is 5.00. The normalized spacial score (nSPS) is 30.8. The average Bonchev–Trinajstić information content (AvgIpc) is 3.35. The Balaban J connectivity index is 1.47. The molecule has 1 aromatic carbocycles. The number of benzene rings is 1. The van der Waals surface area contributed by atoms with E-state index in [0.717, 1.165) is 38.4 Å². The number of carbonyl (C=O) groups excluding carboxylic acids is 3. The first kappa shape index (κ1) is 17.7. The molecule has 0 radical (unpaired) electrons. The third kappa shape index (κ3) is 3.21. The number of Topliss-reactive ketones (excluding diaryl/α,β-unsaturated/α-hetero) is 1. The number of hydrogen-bond donors (Lipinski definition) is 1. The summed E-state index contributed by atoms with van der Waals surface area (Å²) in [4.78, 5) is 39.0. The second-order valence-electron chi connectivity index (χ2n) is 7.40. The summed E-state index contributed by atoms with van der Waals surface area (Å²) in [5.74, 6) is 0.697. The van der Waals surface area contributed by atoms with Gasteiger partial charge in [0.15, 0.2) is 5.78 Å². The van der Waals surface area contributed by atoms with E-state index in [1.807, 2.05) is 12.1 Å². The van der Waals surface area contributed by atoms with Gasteiger partial charge in [0.05, 0.1) is 11.3 Å². The number of likely N-dealkylation sites (tertiary alicyclic amines) is 1. The van der Waals surface area contributed by atoms with Crippen molar-refractivity contribution in [3.05, 3.63) is 35.4 Å². The summed E-state index contributed by atoms with van der Waals surface area (Å²) in [5, 5.41) is 2.86. The first-order chi connectivity index (χ1) is 12.7. The number of hydrogen-bond acceptors (Lipinski definition) is 5. The zero-order valence-electron chi connectivity index (χ0n) is 14.7. The zero-order valence-corrected chi connectivity index (χ0v) is 15.5. The van der Waals surface area contributed by atoms with E-state index in [0.29, 0.717) is 12.4 Å². The van der Waals surface area contributed by atoms with E-state index in [2.05, 4.69) is 17.4 Å². The molecule has 1 unspecified atom stereocenters. The molecular formula is C20H24N2O3S. The third-order valence-corrected chi connectivity index (χ3v) is 7.10. The molecule has 4 rings (SSSR count). The molecule has 6 heteroatoms. The van der Waals surface area contributed by atoms with Crippen molar-refractivity contribution in [2.75, 3.05) is 12.4 Å². The van der Waals surface area contributed by atoms with E-state index >= 15 is 0 Å². The summed E-state index contributed by atoms with van der Waals surface area (Å²) in [6, 6.07) is 7.50. The topological polar surface area (TPSA) is 66.5 Å². The Kier molecular flexibility index (Phi) is 5.14. The van der Waals surface area contributed by atoms with Crippen molar-refractivity contribution < 1.29 is 14.4 Å². The van der Waals surface area contributed by atoms with E-state index in [9.17, 15) is 14.4 Å². The van der Waals surface area contributed by atoms with Crippen molar-refractivity contribution in [3.63, 3.8) is 0 Å². The van der Waals surface area contributed by atoms with Crippen LogP contribution in [0.5, 0.6) is 0 Å². The Morgan fingerprint density at radius 3 is 2.81 bits per heavy atom. The van der Waals surface area contributed by atoms with E-state index in [1.165, 1.54) is 22.9 Å². The fourth-order valence-electron chi connectivity index (χ4n) is 4.45. The van der Waals surface area contributed by atoms with Crippen LogP contribution in [-0.2, 0) is 27.2 Å². The van der Waals surface area contributed by atoms with Gasteiger partial charge < -0.3 is 9.69 Å². The number of rotatable bonds is 4. The maximum Gasteiger partial charge on any atom is 0.241 e. The predicted octanol–water partition coefficient (Wildman–Crippen LogP) is 1.58. The van der Waals surface area contributed by atoms with Crippen LogP contribution in [0.3, 0.4) is 0 Å². The number of aryl methyl sites for hydroxylation is 1. The number of nitrogens with zero attached hydrogens (tertiary/aromatic N) is 1. The number of carbonyl (C=O) groups is 3. The minimum Gasteiger partial charge on any atom is -0.332 e. The highest BCUT2D eigenvalue weighted by molar-refractivity contribution is 8.00. The maximum atomic E-state index is 13.2. The molecule has 1 amide bonds. The molecule has 0 bridgehead atoms. The Hall–Kier alpha value is -1.66. The lowest BCUT2D eigenvalue weighted by molar-refractivity contribution is -0.138. The molecule has 2 saturated heterocycles. The molecule has 138 valence electrons. The molecule has 1 aromatic rings. The molecule has 2 aliphatic heterocycles. The number of nitrogens with one attached hydrogen (secondary N) is 1. The lowest BCUT2D eigenvalue weighted by Crippen LogP contribution is -2.52. The summed E-state index contributed by atoms with van der Waals surface area (Å²) in [7, 11) is 0. The van der Waals surface area contributed by atoms with Crippen molar-refractivity contribution in [2.24, 2.45) is 5.92 Å². The van der Waals surface area contributed by atoms with Crippen LogP contribution in [0, 0.1) is 5.92 Å². The Morgan fingerprint density at radius 1 is 1.19 bits per heavy atom. The van der Waals surface area contributed by atoms with Gasteiger partial charge in [0.25, 0.3) is 0 Å². The smallest absolute Gasteiger partial charge is 0.241 e. The Bertz CT molecular complexity index is 723. The number of thioether (sulfide) groups is 1. The summed E-state index contributed by atoms with van der Waals surface area (Å²) >= 11 is 1.53. The van der Waals surface area contributed by atoms with Crippen LogP contribution in [0.2, 0.25) is 0 Å². The SMILES string of the molecule is O=C[C@@H]1CCCN1C(=O)[C@H]1NCSC1C(=O)[C@H]1CCc2ccccc2C1. The molecule has 5 nitrogen and oxygen atoms in total. The highest BCUT2D eigenvalue weighted by atomic mass is 32.2. The van der Waals surface area contributed by atoms with Crippen molar-refractivity contribution in [3.8, 4) is 0 Å². The average molecular weight is 372 g/mol. The summed E-state index contributed by atoms with van der Waals surface area (Å²) in [6.45, 7) is 0.614. The molecule has 0 saturated carbocycles. The molecule has 2 fully saturated rings. The standard InChI is InChI=1S/C20H24N2O3S/c23-11-16-6-3-9-22(16)20(25)17-19(26-12-21-17)18(24)15-8-7-13-4-1-2-5-14(13)10-15/h1-2,4-5,11,15-17,19,21H,3,6-10,12H2/t15-,16-,17-,19?/m0/s1. The van der Waals surface area contributed by atoms with Gasteiger partial charge in [-0.1, -0.05) is 24.3 Å². The highest BCUT2D eigenvalue weighted by Crippen LogP contribution is 2.33. The monoisotopic (exact) mass is 372 g/mol. The van der Waals surface area contributed by atoms with Gasteiger partial charge in [0.2, 0.25) is 5.91 Å². The molecule has 2 heterocycles. The van der Waals surface area contributed by atoms with Gasteiger partial charge in [-0.05, 0) is 43.2 Å². The van der Waals surface area contributed by atoms with E-state index in [-0.39, 0.29) is 28.9 Å². The molecule has 26 heavy (non-hydrogen) atoms. The molecule has 1 aliphatic carbocycles. The van der Waals surface area contributed by atoms with E-state index < -0.39 is 6.04 Å². The van der Waals surface area contributed by atoms with Crippen LogP contribution < -0.4 is 5.32 Å². The number of fused-ring (bicyclic) bond motifs is 1. The fraction of sp³-hybridized carbons (Fsp3) is 0.550. The largest absolute Gasteiger partial charge is 0.332 e. The third-order valence-electron chi connectivity index (χ3n) is 5.90. The lowest BCUT2D eigenvalue weighted by atomic mass is 9.80. The first-order valence-corrected chi connectivity index (χ1v) is 10.4. The van der Waals surface area contributed by atoms with Gasteiger partial charge in [-0.25, -0.2) is 0 Å². The van der Waals surface area contributed by atoms with Crippen molar-refractivity contribution in [1.29, 1.82) is 0 Å². The second-order valence-corrected chi connectivity index (χ2v) is 8.53. The van der Waals surface area contributed by atoms with Crippen molar-refractivity contribution in [1.82, 2.24) is 10.2 Å². The minimum atomic E-state index is -0.495. The van der Waals surface area contributed by atoms with Crippen LogP contribution >= 0.6 is 11.8 Å². The van der Waals surface area contributed by atoms with Gasteiger partial charge in [0.1, 0.15) is 12.3 Å². The maximum absolute atomic E-state index is 13.2. The Labute approximate surface area is 157 Å². The molecule has 0 aromatic heterocycles. The van der Waals surface area contributed by atoms with Crippen LogP contribution in [0.1, 0.15) is 30.4 Å². The van der Waals surface area contributed by atoms with Gasteiger partial charge in [0, 0.05) is 18.3 Å². The van der Waals surface area contributed by atoms with Crippen molar-refractivity contribution >= 4 is 29.7 Å². The van der Waals surface area contributed by atoms with Crippen molar-refractivity contribution in [2.45, 2.75) is 49.4 Å². The molecular weight excluding hydrogens is 348 g/mol. The van der Waals surface area contributed by atoms with Gasteiger partial charge >= 0.3 is 0 Å². The molecule has 0 spiro atoms. The number of aldehydes is 1. The fourth-order valence-corrected chi connectivity index (χ4v) is 5.67. The first-order valence-electron chi connectivity index (χ1n) is 9.40. The van der Waals surface area contributed by atoms with Crippen LogP contribution in [0.15, 0.2) is 24.3 Å². The second kappa shape index (κ2) is 7.53. The van der Waals surface area contributed by atoms with Crippen LogP contribution in [0.4, 0.5) is 0 Å². The van der Waals surface area contributed by atoms with Gasteiger partial charge in [-0.15, -0.1) is 11.8 Å². The van der Waals surface area contributed by atoms with E-state index in [1.54, 1.807) is 4.90 Å². The number of ketones is 1. The lowest BCUT2D eigenvalue weighted by Gasteiger charge is -2.29. The molecule has 3 aliphatic rings. The van der Waals surface area contributed by atoms with E-state index in [4.69, 9.17) is 0 Å².